The lowest BCUT2D eigenvalue weighted by atomic mass is 10.1. The van der Waals surface area contributed by atoms with E-state index in [1.807, 2.05) is 6.07 Å². The number of thiol groups is 1. The molecule has 1 unspecified atom stereocenters. The molecule has 2 aromatic rings. The minimum atomic E-state index is -0.0109. The Bertz CT molecular complexity index is 706. The second kappa shape index (κ2) is 5.58. The van der Waals surface area contributed by atoms with Crippen molar-refractivity contribution in [1.82, 2.24) is 14.8 Å². The number of hydrogen-bond donors (Lipinski definition) is 1. The summed E-state index contributed by atoms with van der Waals surface area (Å²) >= 11 is 4.26. The van der Waals surface area contributed by atoms with E-state index in [1.54, 1.807) is 23.2 Å². The van der Waals surface area contributed by atoms with Crippen LogP contribution < -0.4 is 4.90 Å². The predicted octanol–water partition coefficient (Wildman–Crippen LogP) is 1.42. The number of carbonyl (C=O) groups is 1. The van der Waals surface area contributed by atoms with Crippen LogP contribution >= 0.6 is 12.6 Å². The van der Waals surface area contributed by atoms with Gasteiger partial charge >= 0.3 is 0 Å². The van der Waals surface area contributed by atoms with Gasteiger partial charge in [0.25, 0.3) is 0 Å². The van der Waals surface area contributed by atoms with Crippen LogP contribution in [-0.2, 0) is 4.79 Å². The number of carbonyl (C=O) groups excluding carboxylic acids is 1. The van der Waals surface area contributed by atoms with Crippen LogP contribution in [0.2, 0.25) is 0 Å². The lowest BCUT2D eigenvalue weighted by Crippen LogP contribution is -2.28. The normalized spacial score (nSPS) is 18.0. The van der Waals surface area contributed by atoms with E-state index in [4.69, 9.17) is 0 Å². The van der Waals surface area contributed by atoms with E-state index in [0.29, 0.717) is 35.9 Å². The summed E-state index contributed by atoms with van der Waals surface area (Å²) in [5, 5.41) is 13.5. The van der Waals surface area contributed by atoms with Crippen molar-refractivity contribution < 1.29 is 4.79 Å². The standard InChI is InChI=1S/C14H13N5OS/c15-6-11-7-17-19(12-3-1-2-4-16-12)14(11)18-8-10(9-21)5-13(18)20/h1-4,7,10,21H,5,8-9H2. The first kappa shape index (κ1) is 13.6. The van der Waals surface area contributed by atoms with Crippen molar-refractivity contribution in [3.8, 4) is 11.9 Å². The zero-order valence-corrected chi connectivity index (χ0v) is 12.1. The van der Waals surface area contributed by atoms with Gasteiger partial charge in [-0.1, -0.05) is 6.07 Å². The Morgan fingerprint density at radius 2 is 2.33 bits per heavy atom. The fourth-order valence-electron chi connectivity index (χ4n) is 2.44. The summed E-state index contributed by atoms with van der Waals surface area (Å²) < 4.78 is 1.54. The van der Waals surface area contributed by atoms with Crippen LogP contribution in [0.5, 0.6) is 0 Å². The molecule has 0 aliphatic carbocycles. The highest BCUT2D eigenvalue weighted by Crippen LogP contribution is 2.29. The molecule has 0 radical (unpaired) electrons. The Kier molecular flexibility index (Phi) is 3.62. The van der Waals surface area contributed by atoms with Crippen LogP contribution in [0, 0.1) is 17.2 Å². The number of pyridine rings is 1. The fraction of sp³-hybridized carbons (Fsp3) is 0.286. The molecule has 1 saturated heterocycles. The van der Waals surface area contributed by atoms with Crippen LogP contribution in [0.3, 0.4) is 0 Å². The average Bonchev–Trinajstić information content (AvgIpc) is 3.10. The van der Waals surface area contributed by atoms with E-state index in [2.05, 4.69) is 28.8 Å². The molecule has 0 spiro atoms. The van der Waals surface area contributed by atoms with Crippen molar-refractivity contribution in [1.29, 1.82) is 5.26 Å². The monoisotopic (exact) mass is 299 g/mol. The molecule has 1 atom stereocenters. The highest BCUT2D eigenvalue weighted by molar-refractivity contribution is 7.80. The lowest BCUT2D eigenvalue weighted by molar-refractivity contribution is -0.117. The maximum absolute atomic E-state index is 12.2. The Morgan fingerprint density at radius 1 is 1.48 bits per heavy atom. The summed E-state index contributed by atoms with van der Waals surface area (Å²) in [5.74, 6) is 1.89. The Morgan fingerprint density at radius 3 is 2.95 bits per heavy atom. The predicted molar refractivity (Wildman–Crippen MR) is 80.4 cm³/mol. The maximum atomic E-state index is 12.2. The third-order valence-electron chi connectivity index (χ3n) is 3.45. The Balaban J connectivity index is 2.08. The Hall–Kier alpha value is -2.33. The molecule has 1 fully saturated rings. The Labute approximate surface area is 127 Å². The minimum Gasteiger partial charge on any atom is -0.295 e. The highest BCUT2D eigenvalue weighted by Gasteiger charge is 2.33. The first-order valence-electron chi connectivity index (χ1n) is 6.55. The summed E-state index contributed by atoms with van der Waals surface area (Å²) in [7, 11) is 0. The zero-order chi connectivity index (χ0) is 14.8. The van der Waals surface area contributed by atoms with Crippen molar-refractivity contribution >= 4 is 24.4 Å². The van der Waals surface area contributed by atoms with Crippen LogP contribution in [0.4, 0.5) is 5.82 Å². The van der Waals surface area contributed by atoms with Crippen LogP contribution in [0.25, 0.3) is 5.82 Å². The summed E-state index contributed by atoms with van der Waals surface area (Å²) in [6.07, 6.45) is 3.56. The lowest BCUT2D eigenvalue weighted by Gasteiger charge is -2.18. The van der Waals surface area contributed by atoms with Gasteiger partial charge in [0.1, 0.15) is 11.6 Å². The van der Waals surface area contributed by atoms with E-state index in [1.165, 1.54) is 10.9 Å². The van der Waals surface area contributed by atoms with Gasteiger partial charge in [-0.05, 0) is 23.8 Å². The summed E-state index contributed by atoms with van der Waals surface area (Å²) in [6.45, 7) is 0.551. The molecule has 1 aliphatic rings. The number of amides is 1. The van der Waals surface area contributed by atoms with Crippen LogP contribution in [0.1, 0.15) is 12.0 Å². The molecule has 6 nitrogen and oxygen atoms in total. The first-order valence-corrected chi connectivity index (χ1v) is 7.18. The largest absolute Gasteiger partial charge is 0.295 e. The molecule has 3 heterocycles. The summed E-state index contributed by atoms with van der Waals surface area (Å²) in [5.41, 5.74) is 0.369. The average molecular weight is 299 g/mol. The topological polar surface area (TPSA) is 74.8 Å². The number of nitriles is 1. The third kappa shape index (κ3) is 2.38. The van der Waals surface area contributed by atoms with Gasteiger partial charge in [-0.25, -0.2) is 4.98 Å². The van der Waals surface area contributed by atoms with Gasteiger partial charge in [-0.3, -0.25) is 9.69 Å². The van der Waals surface area contributed by atoms with Crippen molar-refractivity contribution in [2.24, 2.45) is 5.92 Å². The zero-order valence-electron chi connectivity index (χ0n) is 11.2. The van der Waals surface area contributed by atoms with Crippen LogP contribution in [0.15, 0.2) is 30.6 Å². The first-order chi connectivity index (χ1) is 10.2. The number of hydrogen-bond acceptors (Lipinski definition) is 5. The number of rotatable bonds is 3. The van der Waals surface area contributed by atoms with Gasteiger partial charge in [0.2, 0.25) is 5.91 Å². The maximum Gasteiger partial charge on any atom is 0.228 e. The number of aromatic nitrogens is 3. The molecule has 7 heteroatoms. The molecule has 21 heavy (non-hydrogen) atoms. The van der Waals surface area contributed by atoms with Crippen molar-refractivity contribution in [3.63, 3.8) is 0 Å². The number of nitrogens with zero attached hydrogens (tertiary/aromatic N) is 5. The van der Waals surface area contributed by atoms with Crippen molar-refractivity contribution in [3.05, 3.63) is 36.2 Å². The third-order valence-corrected chi connectivity index (χ3v) is 3.97. The van der Waals surface area contributed by atoms with Gasteiger partial charge in [0.15, 0.2) is 11.6 Å². The van der Waals surface area contributed by atoms with Crippen molar-refractivity contribution in [2.75, 3.05) is 17.2 Å². The molecule has 1 amide bonds. The molecule has 2 aromatic heterocycles. The molecule has 0 N–H and O–H groups in total. The fourth-order valence-corrected chi connectivity index (χ4v) is 2.68. The van der Waals surface area contributed by atoms with Gasteiger partial charge in [0.05, 0.1) is 6.20 Å². The second-order valence-corrected chi connectivity index (χ2v) is 5.22. The summed E-state index contributed by atoms with van der Waals surface area (Å²) in [6, 6.07) is 7.51. The van der Waals surface area contributed by atoms with Gasteiger partial charge in [-0.15, -0.1) is 0 Å². The van der Waals surface area contributed by atoms with E-state index < -0.39 is 0 Å². The minimum absolute atomic E-state index is 0.0109. The molecular weight excluding hydrogens is 286 g/mol. The number of anilines is 1. The quantitative estimate of drug-likeness (QED) is 0.870. The molecule has 3 rings (SSSR count). The van der Waals surface area contributed by atoms with E-state index in [0.717, 1.165) is 0 Å². The molecule has 0 bridgehead atoms. The SMILES string of the molecule is N#Cc1cnn(-c2ccccn2)c1N1CC(CS)CC1=O. The summed E-state index contributed by atoms with van der Waals surface area (Å²) in [4.78, 5) is 18.1. The van der Waals surface area contributed by atoms with E-state index in [-0.39, 0.29) is 11.8 Å². The highest BCUT2D eigenvalue weighted by atomic mass is 32.1. The molecule has 106 valence electrons. The van der Waals surface area contributed by atoms with E-state index in [9.17, 15) is 10.1 Å². The van der Waals surface area contributed by atoms with Crippen LogP contribution in [-0.4, -0.2) is 33.0 Å². The molecule has 0 aromatic carbocycles. The molecular formula is C14H13N5OS. The van der Waals surface area contributed by atoms with Gasteiger partial charge in [0, 0.05) is 19.2 Å². The van der Waals surface area contributed by atoms with Crippen molar-refractivity contribution in [2.45, 2.75) is 6.42 Å². The second-order valence-electron chi connectivity index (χ2n) is 4.85. The van der Waals surface area contributed by atoms with Gasteiger partial charge < -0.3 is 0 Å². The van der Waals surface area contributed by atoms with E-state index >= 15 is 0 Å². The van der Waals surface area contributed by atoms with Gasteiger partial charge in [-0.2, -0.15) is 27.7 Å². The molecule has 1 aliphatic heterocycles. The smallest absolute Gasteiger partial charge is 0.228 e. The molecule has 0 saturated carbocycles.